The molecular weight excluding hydrogens is 363 g/mol. The summed E-state index contributed by atoms with van der Waals surface area (Å²) in [6.07, 6.45) is 0. The van der Waals surface area contributed by atoms with E-state index < -0.39 is 5.97 Å². The molecule has 2 aromatic rings. The maximum absolute atomic E-state index is 12.2. The van der Waals surface area contributed by atoms with Crippen LogP contribution in [0.15, 0.2) is 30.3 Å². The molecule has 2 rings (SSSR count). The zero-order valence-electron chi connectivity index (χ0n) is 12.4. The van der Waals surface area contributed by atoms with Crippen molar-refractivity contribution < 1.29 is 19.0 Å². The van der Waals surface area contributed by atoms with Gasteiger partial charge in [0.05, 0.1) is 34.9 Å². The number of hydrogen-bond acceptors (Lipinski definition) is 4. The van der Waals surface area contributed by atoms with Crippen molar-refractivity contribution in [1.29, 1.82) is 0 Å². The lowest BCUT2D eigenvalue weighted by atomic mass is 10.2. The molecular formula is C16H13Cl3O4. The maximum atomic E-state index is 12.2. The molecule has 0 aliphatic carbocycles. The van der Waals surface area contributed by atoms with Crippen molar-refractivity contribution in [3.05, 3.63) is 56.5 Å². The molecule has 122 valence electrons. The lowest BCUT2D eigenvalue weighted by Gasteiger charge is -2.11. The highest BCUT2D eigenvalue weighted by Gasteiger charge is 2.16. The van der Waals surface area contributed by atoms with Crippen molar-refractivity contribution in [3.8, 4) is 11.5 Å². The van der Waals surface area contributed by atoms with Crippen LogP contribution in [-0.2, 0) is 11.3 Å². The molecule has 0 N–H and O–H groups in total. The van der Waals surface area contributed by atoms with Crippen LogP contribution in [0.5, 0.6) is 11.5 Å². The zero-order valence-corrected chi connectivity index (χ0v) is 14.6. The first-order valence-corrected chi connectivity index (χ1v) is 7.62. The van der Waals surface area contributed by atoms with Gasteiger partial charge in [-0.15, -0.1) is 0 Å². The molecule has 0 bridgehead atoms. The molecule has 0 saturated heterocycles. The van der Waals surface area contributed by atoms with Crippen molar-refractivity contribution in [2.24, 2.45) is 0 Å². The van der Waals surface area contributed by atoms with Crippen LogP contribution in [0.1, 0.15) is 15.9 Å². The SMILES string of the molecule is COc1cc(C(=O)OCc2ccc(Cl)c(Cl)c2)cc(Cl)c1OC. The first-order chi connectivity index (χ1) is 11.0. The second kappa shape index (κ2) is 7.77. The summed E-state index contributed by atoms with van der Waals surface area (Å²) in [5, 5.41) is 1.09. The van der Waals surface area contributed by atoms with Gasteiger partial charge in [0.1, 0.15) is 6.61 Å². The Morgan fingerprint density at radius 2 is 1.70 bits per heavy atom. The van der Waals surface area contributed by atoms with Gasteiger partial charge in [0, 0.05) is 0 Å². The Labute approximate surface area is 148 Å². The van der Waals surface area contributed by atoms with Gasteiger partial charge in [0.2, 0.25) is 0 Å². The Morgan fingerprint density at radius 1 is 0.957 bits per heavy atom. The quantitative estimate of drug-likeness (QED) is 0.688. The van der Waals surface area contributed by atoms with Crippen LogP contribution in [0.25, 0.3) is 0 Å². The number of carbonyl (C=O) groups excluding carboxylic acids is 1. The molecule has 0 amide bonds. The van der Waals surface area contributed by atoms with E-state index in [2.05, 4.69) is 0 Å². The van der Waals surface area contributed by atoms with Crippen LogP contribution in [0.4, 0.5) is 0 Å². The molecule has 7 heteroatoms. The monoisotopic (exact) mass is 374 g/mol. The van der Waals surface area contributed by atoms with E-state index in [1.165, 1.54) is 26.4 Å². The van der Waals surface area contributed by atoms with Crippen molar-refractivity contribution in [3.63, 3.8) is 0 Å². The Balaban J connectivity index is 2.14. The first-order valence-electron chi connectivity index (χ1n) is 6.48. The van der Waals surface area contributed by atoms with Crippen LogP contribution in [0.3, 0.4) is 0 Å². The standard InChI is InChI=1S/C16H13Cl3O4/c1-21-14-7-10(6-13(19)15(14)22-2)16(20)23-8-9-3-4-11(17)12(18)5-9/h3-7H,8H2,1-2H3. The molecule has 4 nitrogen and oxygen atoms in total. The largest absolute Gasteiger partial charge is 0.493 e. The van der Waals surface area contributed by atoms with E-state index in [0.29, 0.717) is 21.5 Å². The molecule has 0 aromatic heterocycles. The summed E-state index contributed by atoms with van der Waals surface area (Å²) in [6.45, 7) is 0.0572. The Hall–Kier alpha value is -1.62. The normalized spacial score (nSPS) is 10.3. The molecule has 0 aliphatic rings. The van der Waals surface area contributed by atoms with Crippen molar-refractivity contribution >= 4 is 40.8 Å². The van der Waals surface area contributed by atoms with Gasteiger partial charge in [-0.25, -0.2) is 4.79 Å². The average molecular weight is 376 g/mol. The molecule has 0 unspecified atom stereocenters. The van der Waals surface area contributed by atoms with Gasteiger partial charge in [-0.2, -0.15) is 0 Å². The average Bonchev–Trinajstić information content (AvgIpc) is 2.54. The molecule has 0 fully saturated rings. The Morgan fingerprint density at radius 3 is 2.30 bits per heavy atom. The number of hydrogen-bond donors (Lipinski definition) is 0. The second-order valence-corrected chi connectivity index (χ2v) is 5.74. The fourth-order valence-electron chi connectivity index (χ4n) is 1.90. The minimum absolute atomic E-state index is 0.0572. The second-order valence-electron chi connectivity index (χ2n) is 4.52. The van der Waals surface area contributed by atoms with Gasteiger partial charge in [-0.1, -0.05) is 40.9 Å². The summed E-state index contributed by atoms with van der Waals surface area (Å²) >= 11 is 17.8. The third-order valence-electron chi connectivity index (χ3n) is 3.02. The van der Waals surface area contributed by atoms with Gasteiger partial charge >= 0.3 is 5.97 Å². The minimum Gasteiger partial charge on any atom is -0.493 e. The topological polar surface area (TPSA) is 44.8 Å². The van der Waals surface area contributed by atoms with Gasteiger partial charge in [0.15, 0.2) is 11.5 Å². The first kappa shape index (κ1) is 17.7. The van der Waals surface area contributed by atoms with Crippen LogP contribution < -0.4 is 9.47 Å². The number of halogens is 3. The number of esters is 1. The summed E-state index contributed by atoms with van der Waals surface area (Å²) in [7, 11) is 2.92. The number of rotatable bonds is 5. The van der Waals surface area contributed by atoms with E-state index >= 15 is 0 Å². The van der Waals surface area contributed by atoms with E-state index in [4.69, 9.17) is 49.0 Å². The van der Waals surface area contributed by atoms with Gasteiger partial charge in [-0.05, 0) is 29.8 Å². The van der Waals surface area contributed by atoms with Crippen LogP contribution >= 0.6 is 34.8 Å². The van der Waals surface area contributed by atoms with E-state index in [1.807, 2.05) is 0 Å². The summed E-state index contributed by atoms with van der Waals surface area (Å²) < 4.78 is 15.5. The number of methoxy groups -OCH3 is 2. The van der Waals surface area contributed by atoms with Crippen molar-refractivity contribution in [2.45, 2.75) is 6.61 Å². The summed E-state index contributed by atoms with van der Waals surface area (Å²) in [6, 6.07) is 7.96. The lowest BCUT2D eigenvalue weighted by Crippen LogP contribution is -2.06. The van der Waals surface area contributed by atoms with E-state index in [0.717, 1.165) is 5.56 Å². The van der Waals surface area contributed by atoms with Gasteiger partial charge in [0.25, 0.3) is 0 Å². The number of ether oxygens (including phenoxy) is 3. The molecule has 0 spiro atoms. The molecule has 2 aromatic carbocycles. The van der Waals surface area contributed by atoms with Gasteiger partial charge in [-0.3, -0.25) is 0 Å². The molecule has 0 aliphatic heterocycles. The van der Waals surface area contributed by atoms with Crippen LogP contribution in [-0.4, -0.2) is 20.2 Å². The highest BCUT2D eigenvalue weighted by molar-refractivity contribution is 6.42. The predicted octanol–water partition coefficient (Wildman–Crippen LogP) is 5.02. The highest BCUT2D eigenvalue weighted by Crippen LogP contribution is 2.36. The molecule has 0 atom stereocenters. The molecule has 0 saturated carbocycles. The van der Waals surface area contributed by atoms with E-state index in [1.54, 1.807) is 18.2 Å². The summed E-state index contributed by atoms with van der Waals surface area (Å²) in [4.78, 5) is 12.2. The number of benzene rings is 2. The zero-order chi connectivity index (χ0) is 17.0. The fourth-order valence-corrected chi connectivity index (χ4v) is 2.51. The van der Waals surface area contributed by atoms with Gasteiger partial charge < -0.3 is 14.2 Å². The molecule has 23 heavy (non-hydrogen) atoms. The van der Waals surface area contributed by atoms with Crippen molar-refractivity contribution in [2.75, 3.05) is 14.2 Å². The predicted molar refractivity (Wildman–Crippen MR) is 90.1 cm³/mol. The third-order valence-corrected chi connectivity index (χ3v) is 4.04. The number of carbonyl (C=O) groups is 1. The van der Waals surface area contributed by atoms with Crippen molar-refractivity contribution in [1.82, 2.24) is 0 Å². The highest BCUT2D eigenvalue weighted by atomic mass is 35.5. The van der Waals surface area contributed by atoms with E-state index in [-0.39, 0.29) is 17.2 Å². The summed E-state index contributed by atoms with van der Waals surface area (Å²) in [5.41, 5.74) is 0.979. The fraction of sp³-hybridized carbons (Fsp3) is 0.188. The smallest absolute Gasteiger partial charge is 0.338 e. The van der Waals surface area contributed by atoms with Crippen LogP contribution in [0.2, 0.25) is 15.1 Å². The maximum Gasteiger partial charge on any atom is 0.338 e. The Bertz CT molecular complexity index is 732. The third kappa shape index (κ3) is 4.22. The minimum atomic E-state index is -0.543. The van der Waals surface area contributed by atoms with Crippen LogP contribution in [0, 0.1) is 0 Å². The molecule has 0 radical (unpaired) electrons. The summed E-state index contributed by atoms with van der Waals surface area (Å²) in [5.74, 6) is 0.163. The van der Waals surface area contributed by atoms with E-state index in [9.17, 15) is 4.79 Å². The molecule has 0 heterocycles. The Kier molecular flexibility index (Phi) is 5.99. The lowest BCUT2D eigenvalue weighted by molar-refractivity contribution is 0.0472.